The van der Waals surface area contributed by atoms with Crippen molar-refractivity contribution >= 4 is 0 Å². The first-order chi connectivity index (χ1) is 6.26. The van der Waals surface area contributed by atoms with Gasteiger partial charge in [0.05, 0.1) is 6.10 Å². The molecule has 0 amide bonds. The minimum atomic E-state index is 0.228. The number of aliphatic hydroxyl groups excluding tert-OH is 1. The average molecular weight is 188 g/mol. The van der Waals surface area contributed by atoms with Crippen LogP contribution in [0.4, 0.5) is 0 Å². The lowest BCUT2D eigenvalue weighted by molar-refractivity contribution is 0.0265. The van der Waals surface area contributed by atoms with Gasteiger partial charge < -0.3 is 9.84 Å². The summed E-state index contributed by atoms with van der Waals surface area (Å²) in [7, 11) is 1.73. The van der Waals surface area contributed by atoms with Crippen LogP contribution in [-0.2, 0) is 4.74 Å². The Kier molecular flexibility index (Phi) is 8.46. The average Bonchev–Trinajstić information content (AvgIpc) is 2.17. The first kappa shape index (κ1) is 12.9. The fourth-order valence-electron chi connectivity index (χ4n) is 1.52. The van der Waals surface area contributed by atoms with Crippen molar-refractivity contribution in [3.05, 3.63) is 0 Å². The van der Waals surface area contributed by atoms with Gasteiger partial charge >= 0.3 is 0 Å². The quantitative estimate of drug-likeness (QED) is 0.593. The van der Waals surface area contributed by atoms with Crippen LogP contribution in [0.1, 0.15) is 46.0 Å². The van der Waals surface area contributed by atoms with Crippen molar-refractivity contribution in [2.24, 2.45) is 5.92 Å². The van der Waals surface area contributed by atoms with E-state index < -0.39 is 0 Å². The van der Waals surface area contributed by atoms with Crippen LogP contribution >= 0.6 is 0 Å². The van der Waals surface area contributed by atoms with E-state index in [1.165, 1.54) is 25.7 Å². The maximum Gasteiger partial charge on any atom is 0.0618 e. The smallest absolute Gasteiger partial charge is 0.0618 e. The Balaban J connectivity index is 3.47. The van der Waals surface area contributed by atoms with E-state index in [1.54, 1.807) is 7.11 Å². The topological polar surface area (TPSA) is 29.5 Å². The Morgan fingerprint density at radius 2 is 1.92 bits per heavy atom. The molecule has 0 rings (SSSR count). The molecule has 0 aliphatic rings. The predicted molar refractivity (Wildman–Crippen MR) is 55.8 cm³/mol. The maximum atomic E-state index is 8.96. The third-order valence-electron chi connectivity index (χ3n) is 2.57. The summed E-state index contributed by atoms with van der Waals surface area (Å²) in [5.41, 5.74) is 0. The Morgan fingerprint density at radius 1 is 1.23 bits per heavy atom. The van der Waals surface area contributed by atoms with E-state index in [4.69, 9.17) is 9.84 Å². The molecule has 0 aromatic carbocycles. The zero-order chi connectivity index (χ0) is 10.1. The SMILES string of the molecule is CCCCCCC(OC)C(C)CO. The molecule has 1 N–H and O–H groups in total. The normalized spacial score (nSPS) is 15.7. The summed E-state index contributed by atoms with van der Waals surface area (Å²) in [6.07, 6.45) is 6.41. The van der Waals surface area contributed by atoms with Crippen molar-refractivity contribution in [2.75, 3.05) is 13.7 Å². The largest absolute Gasteiger partial charge is 0.396 e. The number of hydrogen-bond acceptors (Lipinski definition) is 2. The molecule has 0 spiro atoms. The Morgan fingerprint density at radius 3 is 2.38 bits per heavy atom. The second-order valence-corrected chi connectivity index (χ2v) is 3.78. The van der Waals surface area contributed by atoms with Gasteiger partial charge in [-0.15, -0.1) is 0 Å². The molecule has 2 nitrogen and oxygen atoms in total. The summed E-state index contributed by atoms with van der Waals surface area (Å²) in [6.45, 7) is 4.48. The van der Waals surface area contributed by atoms with E-state index in [0.29, 0.717) is 0 Å². The number of ether oxygens (including phenoxy) is 1. The van der Waals surface area contributed by atoms with E-state index in [1.807, 2.05) is 6.92 Å². The number of rotatable bonds is 8. The van der Waals surface area contributed by atoms with Crippen LogP contribution in [0, 0.1) is 5.92 Å². The molecule has 13 heavy (non-hydrogen) atoms. The fraction of sp³-hybridized carbons (Fsp3) is 1.00. The molecule has 0 aliphatic heterocycles. The predicted octanol–water partition coefficient (Wildman–Crippen LogP) is 2.60. The van der Waals surface area contributed by atoms with E-state index in [-0.39, 0.29) is 18.6 Å². The highest BCUT2D eigenvalue weighted by atomic mass is 16.5. The first-order valence-corrected chi connectivity index (χ1v) is 5.39. The number of unbranched alkanes of at least 4 members (excludes halogenated alkanes) is 3. The molecule has 0 aromatic rings. The van der Waals surface area contributed by atoms with Gasteiger partial charge in [0.15, 0.2) is 0 Å². The summed E-state index contributed by atoms with van der Waals surface area (Å²) in [5.74, 6) is 0.270. The van der Waals surface area contributed by atoms with Gasteiger partial charge in [-0.2, -0.15) is 0 Å². The lowest BCUT2D eigenvalue weighted by Gasteiger charge is -2.20. The van der Waals surface area contributed by atoms with Crippen LogP contribution in [0.15, 0.2) is 0 Å². The number of aliphatic hydroxyl groups is 1. The van der Waals surface area contributed by atoms with Gasteiger partial charge in [-0.3, -0.25) is 0 Å². The Labute approximate surface area is 82.3 Å². The van der Waals surface area contributed by atoms with Crippen molar-refractivity contribution in [2.45, 2.75) is 52.1 Å². The molecule has 80 valence electrons. The van der Waals surface area contributed by atoms with Crippen LogP contribution in [0.5, 0.6) is 0 Å². The van der Waals surface area contributed by atoms with Gasteiger partial charge in [-0.05, 0) is 6.42 Å². The maximum absolute atomic E-state index is 8.96. The van der Waals surface area contributed by atoms with Gasteiger partial charge in [-0.25, -0.2) is 0 Å². The second kappa shape index (κ2) is 8.52. The summed E-state index contributed by atoms with van der Waals surface area (Å²) in [4.78, 5) is 0. The van der Waals surface area contributed by atoms with Crippen molar-refractivity contribution in [1.29, 1.82) is 0 Å². The molecule has 2 unspecified atom stereocenters. The number of hydrogen-bond donors (Lipinski definition) is 1. The van der Waals surface area contributed by atoms with Crippen molar-refractivity contribution < 1.29 is 9.84 Å². The van der Waals surface area contributed by atoms with Crippen molar-refractivity contribution in [1.82, 2.24) is 0 Å². The van der Waals surface area contributed by atoms with Gasteiger partial charge in [0.25, 0.3) is 0 Å². The zero-order valence-electron chi connectivity index (χ0n) is 9.25. The van der Waals surface area contributed by atoms with Crippen LogP contribution in [0.25, 0.3) is 0 Å². The molecular weight excluding hydrogens is 164 g/mol. The van der Waals surface area contributed by atoms with Gasteiger partial charge in [0.2, 0.25) is 0 Å². The fourth-order valence-corrected chi connectivity index (χ4v) is 1.52. The molecule has 0 bridgehead atoms. The molecule has 0 saturated heterocycles. The van der Waals surface area contributed by atoms with E-state index >= 15 is 0 Å². The van der Waals surface area contributed by atoms with Crippen LogP contribution < -0.4 is 0 Å². The summed E-state index contributed by atoms with van der Waals surface area (Å²) in [5, 5.41) is 8.96. The van der Waals surface area contributed by atoms with Crippen LogP contribution in [0.3, 0.4) is 0 Å². The third kappa shape index (κ3) is 6.05. The molecule has 0 heterocycles. The molecule has 0 aliphatic carbocycles. The molecule has 0 saturated carbocycles. The van der Waals surface area contributed by atoms with Gasteiger partial charge in [0.1, 0.15) is 0 Å². The summed E-state index contributed by atoms with van der Waals surface area (Å²) < 4.78 is 5.32. The molecule has 2 atom stereocenters. The summed E-state index contributed by atoms with van der Waals surface area (Å²) >= 11 is 0. The minimum Gasteiger partial charge on any atom is -0.396 e. The highest BCUT2D eigenvalue weighted by molar-refractivity contribution is 4.65. The molecule has 0 aromatic heterocycles. The molecule has 0 fully saturated rings. The molecular formula is C11H24O2. The molecule has 0 radical (unpaired) electrons. The van der Waals surface area contributed by atoms with Gasteiger partial charge in [-0.1, -0.05) is 39.5 Å². The lowest BCUT2D eigenvalue weighted by atomic mass is 9.99. The third-order valence-corrected chi connectivity index (χ3v) is 2.57. The lowest BCUT2D eigenvalue weighted by Crippen LogP contribution is -2.23. The highest BCUT2D eigenvalue weighted by Gasteiger charge is 2.14. The second-order valence-electron chi connectivity index (χ2n) is 3.78. The molecule has 2 heteroatoms. The monoisotopic (exact) mass is 188 g/mol. The first-order valence-electron chi connectivity index (χ1n) is 5.39. The zero-order valence-corrected chi connectivity index (χ0v) is 9.25. The van der Waals surface area contributed by atoms with Crippen molar-refractivity contribution in [3.63, 3.8) is 0 Å². The van der Waals surface area contributed by atoms with Crippen LogP contribution in [0.2, 0.25) is 0 Å². The Bertz CT molecular complexity index is 104. The standard InChI is InChI=1S/C11H24O2/c1-4-5-6-7-8-11(13-3)10(2)9-12/h10-12H,4-9H2,1-3H3. The van der Waals surface area contributed by atoms with Crippen LogP contribution in [-0.4, -0.2) is 24.9 Å². The Hall–Kier alpha value is -0.0800. The van der Waals surface area contributed by atoms with Crippen molar-refractivity contribution in [3.8, 4) is 0 Å². The van der Waals surface area contributed by atoms with E-state index in [2.05, 4.69) is 6.92 Å². The van der Waals surface area contributed by atoms with E-state index in [9.17, 15) is 0 Å². The van der Waals surface area contributed by atoms with E-state index in [0.717, 1.165) is 6.42 Å². The summed E-state index contributed by atoms with van der Waals surface area (Å²) in [6, 6.07) is 0. The minimum absolute atomic E-state index is 0.228. The van der Waals surface area contributed by atoms with Gasteiger partial charge in [0, 0.05) is 19.6 Å². The highest BCUT2D eigenvalue weighted by Crippen LogP contribution is 2.14. The number of methoxy groups -OCH3 is 1.